The molecule has 0 spiro atoms. The number of aryl methyl sites for hydroxylation is 2. The van der Waals surface area contributed by atoms with Crippen molar-refractivity contribution in [1.82, 2.24) is 9.97 Å². The van der Waals surface area contributed by atoms with Gasteiger partial charge in [0.2, 0.25) is 4.34 Å². The number of benzene rings is 2. The quantitative estimate of drug-likeness (QED) is 0.297. The number of aromatic nitrogens is 2. The van der Waals surface area contributed by atoms with Crippen molar-refractivity contribution in [2.75, 3.05) is 4.31 Å². The van der Waals surface area contributed by atoms with Crippen LogP contribution >= 0.6 is 22.9 Å². The average Bonchev–Trinajstić information content (AvgIpc) is 3.31. The van der Waals surface area contributed by atoms with Crippen LogP contribution in [0.1, 0.15) is 32.9 Å². The van der Waals surface area contributed by atoms with Gasteiger partial charge in [-0.05, 0) is 61.4 Å². The van der Waals surface area contributed by atoms with Crippen molar-refractivity contribution in [3.63, 3.8) is 0 Å². The van der Waals surface area contributed by atoms with Gasteiger partial charge < -0.3 is 9.84 Å². The lowest BCUT2D eigenvalue weighted by atomic mass is 10.1. The number of aromatic carboxylic acids is 1. The van der Waals surface area contributed by atoms with Crippen LogP contribution in [0, 0.1) is 13.8 Å². The first-order valence-electron chi connectivity index (χ1n) is 10.7. The number of hydrogen-bond acceptors (Lipinski definition) is 7. The fraction of sp³-hybridized carbons (Fsp3) is 0.160. The fourth-order valence-electron chi connectivity index (χ4n) is 3.34. The van der Waals surface area contributed by atoms with Crippen molar-refractivity contribution < 1.29 is 23.1 Å². The molecule has 0 fully saturated rings. The maximum Gasteiger partial charge on any atom is 0.335 e. The predicted molar refractivity (Wildman–Crippen MR) is 138 cm³/mol. The lowest BCUT2D eigenvalue weighted by Gasteiger charge is -2.26. The van der Waals surface area contributed by atoms with Gasteiger partial charge >= 0.3 is 5.97 Å². The van der Waals surface area contributed by atoms with Crippen LogP contribution in [0.4, 0.5) is 5.69 Å². The summed E-state index contributed by atoms with van der Waals surface area (Å²) in [6.07, 6.45) is 1.59. The lowest BCUT2D eigenvalue weighted by Crippen LogP contribution is -2.31. The van der Waals surface area contributed by atoms with Crippen LogP contribution in [0.15, 0.2) is 70.5 Å². The largest absolute Gasteiger partial charge is 0.487 e. The monoisotopic (exact) mass is 543 g/mol. The third-order valence-electron chi connectivity index (χ3n) is 5.24. The van der Waals surface area contributed by atoms with Crippen LogP contribution in [0.5, 0.6) is 5.75 Å². The minimum absolute atomic E-state index is 0.0529. The maximum atomic E-state index is 13.8. The third kappa shape index (κ3) is 5.67. The van der Waals surface area contributed by atoms with Gasteiger partial charge in [0.25, 0.3) is 10.0 Å². The van der Waals surface area contributed by atoms with Gasteiger partial charge in [-0.2, -0.15) is 8.42 Å². The Bertz CT molecular complexity index is 1490. The minimum Gasteiger partial charge on any atom is -0.487 e. The third-order valence-corrected chi connectivity index (χ3v) is 8.76. The van der Waals surface area contributed by atoms with Crippen LogP contribution in [0.3, 0.4) is 0 Å². The summed E-state index contributed by atoms with van der Waals surface area (Å²) >= 11 is 7.47. The van der Waals surface area contributed by atoms with E-state index >= 15 is 0 Å². The van der Waals surface area contributed by atoms with E-state index in [-0.39, 0.29) is 28.7 Å². The lowest BCUT2D eigenvalue weighted by molar-refractivity contribution is 0.0697. The first kappa shape index (κ1) is 25.6. The van der Waals surface area contributed by atoms with Crippen molar-refractivity contribution in [3.8, 4) is 5.75 Å². The van der Waals surface area contributed by atoms with Crippen molar-refractivity contribution in [1.29, 1.82) is 0 Å². The standard InChI is InChI=1S/C25H22ClN3O5S2/c1-16-11-23(34-14-18-6-8-19(9-7-18)24(30)31)22(12-21(16)26)29(13-20-5-3-4-10-27-20)36(32,33)25-28-17(2)15-35-25/h3-12,15H,13-14H2,1-2H3,(H,30,31). The Balaban J connectivity index is 1.76. The number of anilines is 1. The van der Waals surface area contributed by atoms with E-state index in [1.807, 2.05) is 0 Å². The SMILES string of the molecule is Cc1csc(S(=O)(=O)N(Cc2ccccn2)c2cc(Cl)c(C)cc2OCc2ccc(C(=O)O)cc2)n1. The van der Waals surface area contributed by atoms with Gasteiger partial charge in [0.15, 0.2) is 0 Å². The summed E-state index contributed by atoms with van der Waals surface area (Å²) in [7, 11) is -4.08. The summed E-state index contributed by atoms with van der Waals surface area (Å²) in [5.41, 5.74) is 2.95. The van der Waals surface area contributed by atoms with Crippen LogP contribution in [-0.4, -0.2) is 29.5 Å². The average molecular weight is 544 g/mol. The maximum absolute atomic E-state index is 13.8. The van der Waals surface area contributed by atoms with Crippen LogP contribution < -0.4 is 9.04 Å². The highest BCUT2D eigenvalue weighted by molar-refractivity contribution is 7.94. The van der Waals surface area contributed by atoms with E-state index in [1.54, 1.807) is 67.9 Å². The number of sulfonamides is 1. The van der Waals surface area contributed by atoms with E-state index in [9.17, 15) is 13.2 Å². The second kappa shape index (κ2) is 10.7. The zero-order valence-electron chi connectivity index (χ0n) is 19.4. The molecule has 1 N–H and O–H groups in total. The molecule has 0 radical (unpaired) electrons. The molecule has 2 heterocycles. The molecule has 36 heavy (non-hydrogen) atoms. The number of hydrogen-bond donors (Lipinski definition) is 1. The molecule has 0 atom stereocenters. The number of thiazole rings is 1. The molecule has 4 rings (SSSR count). The van der Waals surface area contributed by atoms with Gasteiger partial charge in [0.1, 0.15) is 12.4 Å². The second-order valence-electron chi connectivity index (χ2n) is 7.95. The van der Waals surface area contributed by atoms with Crippen LogP contribution in [-0.2, 0) is 23.2 Å². The summed E-state index contributed by atoms with van der Waals surface area (Å²) in [6.45, 7) is 3.54. The summed E-state index contributed by atoms with van der Waals surface area (Å²) in [6, 6.07) is 14.8. The van der Waals surface area contributed by atoms with E-state index in [0.29, 0.717) is 33.3 Å². The molecule has 0 saturated heterocycles. The number of carboxylic acid groups (broad SMARTS) is 1. The smallest absolute Gasteiger partial charge is 0.335 e. The normalized spacial score (nSPS) is 11.3. The first-order chi connectivity index (χ1) is 17.1. The van der Waals surface area contributed by atoms with Crippen molar-refractivity contribution >= 4 is 44.6 Å². The van der Waals surface area contributed by atoms with Gasteiger partial charge in [-0.3, -0.25) is 9.29 Å². The topological polar surface area (TPSA) is 110 Å². The summed E-state index contributed by atoms with van der Waals surface area (Å²) in [4.78, 5) is 19.6. The van der Waals surface area contributed by atoms with E-state index < -0.39 is 16.0 Å². The highest BCUT2D eigenvalue weighted by Crippen LogP contribution is 2.38. The molecule has 0 unspecified atom stereocenters. The second-order valence-corrected chi connectivity index (χ2v) is 11.2. The molecule has 186 valence electrons. The van der Waals surface area contributed by atoms with Crippen molar-refractivity contribution in [2.24, 2.45) is 0 Å². The highest BCUT2D eigenvalue weighted by Gasteiger charge is 2.31. The van der Waals surface area contributed by atoms with Gasteiger partial charge in [-0.15, -0.1) is 11.3 Å². The van der Waals surface area contributed by atoms with Crippen LogP contribution in [0.25, 0.3) is 0 Å². The molecule has 0 saturated carbocycles. The van der Waals surface area contributed by atoms with Gasteiger partial charge in [-0.1, -0.05) is 29.8 Å². The molecular weight excluding hydrogens is 522 g/mol. The number of carbonyl (C=O) groups is 1. The number of rotatable bonds is 9. The van der Waals surface area contributed by atoms with Gasteiger partial charge in [0, 0.05) is 22.3 Å². The van der Waals surface area contributed by atoms with Gasteiger partial charge in [0.05, 0.1) is 23.5 Å². The molecule has 11 heteroatoms. The van der Waals surface area contributed by atoms with Crippen molar-refractivity contribution in [3.05, 3.63) is 99.3 Å². The Labute approximate surface area is 217 Å². The Hall–Kier alpha value is -3.47. The summed E-state index contributed by atoms with van der Waals surface area (Å²) in [5.74, 6) is -0.724. The molecule has 0 aliphatic carbocycles. The van der Waals surface area contributed by atoms with Crippen molar-refractivity contribution in [2.45, 2.75) is 31.3 Å². The van der Waals surface area contributed by atoms with Crippen LogP contribution in [0.2, 0.25) is 5.02 Å². The zero-order chi connectivity index (χ0) is 25.9. The number of pyridine rings is 1. The molecule has 0 aliphatic rings. The molecule has 2 aromatic heterocycles. The fourth-order valence-corrected chi connectivity index (χ4v) is 6.07. The molecule has 8 nitrogen and oxygen atoms in total. The highest BCUT2D eigenvalue weighted by atomic mass is 35.5. The molecular formula is C25H22ClN3O5S2. The minimum atomic E-state index is -4.08. The first-order valence-corrected chi connectivity index (χ1v) is 13.4. The summed E-state index contributed by atoms with van der Waals surface area (Å²) < 4.78 is 34.7. The molecule has 0 aliphatic heterocycles. The Morgan fingerprint density at radius 2 is 1.89 bits per heavy atom. The van der Waals surface area contributed by atoms with E-state index in [4.69, 9.17) is 21.4 Å². The molecule has 4 aromatic rings. The number of nitrogens with zero attached hydrogens (tertiary/aromatic N) is 3. The van der Waals surface area contributed by atoms with E-state index in [0.717, 1.165) is 11.3 Å². The molecule has 0 bridgehead atoms. The summed E-state index contributed by atoms with van der Waals surface area (Å²) in [5, 5.41) is 11.2. The Kier molecular flexibility index (Phi) is 7.58. The molecule has 0 amide bonds. The molecule has 2 aromatic carbocycles. The van der Waals surface area contributed by atoms with E-state index in [1.165, 1.54) is 16.4 Å². The number of halogens is 1. The van der Waals surface area contributed by atoms with Gasteiger partial charge in [-0.25, -0.2) is 9.78 Å². The number of ether oxygens (including phenoxy) is 1. The number of carboxylic acids is 1. The Morgan fingerprint density at radius 3 is 2.50 bits per heavy atom. The van der Waals surface area contributed by atoms with E-state index in [2.05, 4.69) is 9.97 Å². The Morgan fingerprint density at radius 1 is 1.14 bits per heavy atom. The predicted octanol–water partition coefficient (Wildman–Crippen LogP) is 5.48. The zero-order valence-corrected chi connectivity index (χ0v) is 21.8.